The van der Waals surface area contributed by atoms with Gasteiger partial charge < -0.3 is 0 Å². The molecule has 0 saturated carbocycles. The van der Waals surface area contributed by atoms with Crippen LogP contribution in [0, 0.1) is 17.7 Å². The molecule has 0 heterocycles. The Hall–Kier alpha value is -0.375. The van der Waals surface area contributed by atoms with Crippen LogP contribution < -0.4 is 0 Å². The highest BCUT2D eigenvalue weighted by Crippen LogP contribution is 2.03. The highest BCUT2D eigenvalue weighted by Gasteiger charge is 1.93. The van der Waals surface area contributed by atoms with Crippen LogP contribution in [0.3, 0.4) is 0 Å². The smallest absolute Gasteiger partial charge is 0.172 e. The van der Waals surface area contributed by atoms with Crippen LogP contribution in [0.2, 0.25) is 0 Å². The summed E-state index contributed by atoms with van der Waals surface area (Å²) in [6.45, 7) is 4.25. The molecule has 0 saturated heterocycles. The Morgan fingerprint density at radius 3 is 2.00 bits per heavy atom. The van der Waals surface area contributed by atoms with E-state index in [1.165, 1.54) is 0 Å². The summed E-state index contributed by atoms with van der Waals surface area (Å²) in [5.74, 6) is 5.84. The van der Waals surface area contributed by atoms with Crippen LogP contribution in [-0.2, 0) is 0 Å². The van der Waals surface area contributed by atoms with Crippen LogP contribution in [0.5, 0.6) is 0 Å². The quantitative estimate of drug-likeness (QED) is 0.370. The second kappa shape index (κ2) is 4.78. The summed E-state index contributed by atoms with van der Waals surface area (Å²) < 4.78 is 0. The molecule has 0 aromatic carbocycles. The first-order chi connectivity index (χ1) is 3.85. The third-order valence-electron chi connectivity index (χ3n) is 1.27. The van der Waals surface area contributed by atoms with E-state index < -0.39 is 0 Å². The normalized spacial score (nSPS) is 8.38. The zero-order valence-corrected chi connectivity index (χ0v) is 5.57. The average Bonchev–Trinajstić information content (AvgIpc) is 1.83. The molecule has 42 valence electrons. The van der Waals surface area contributed by atoms with Crippen LogP contribution in [-0.4, -0.2) is 7.85 Å². The van der Waals surface area contributed by atoms with E-state index in [0.717, 1.165) is 12.8 Å². The molecule has 0 N–H and O–H groups in total. The highest BCUT2D eigenvalue weighted by atomic mass is 14.0. The molecule has 0 unspecified atom stereocenters. The lowest BCUT2D eigenvalue weighted by Crippen LogP contribution is -1.90. The molecule has 0 aliphatic heterocycles. The van der Waals surface area contributed by atoms with Crippen molar-refractivity contribution in [1.29, 1.82) is 0 Å². The fourth-order valence-electron chi connectivity index (χ4n) is 0.611. The van der Waals surface area contributed by atoms with Gasteiger partial charge in [0.2, 0.25) is 0 Å². The molecule has 0 fully saturated rings. The third kappa shape index (κ3) is 2.74. The molecule has 0 rings (SSSR count). The van der Waals surface area contributed by atoms with E-state index >= 15 is 0 Å². The molecular formula is C7H11B. The first-order valence-electron chi connectivity index (χ1n) is 3.06. The van der Waals surface area contributed by atoms with Crippen molar-refractivity contribution in [3.05, 3.63) is 0 Å². The topological polar surface area (TPSA) is 0 Å². The Labute approximate surface area is 53.1 Å². The Kier molecular flexibility index (Phi) is 4.55. The van der Waals surface area contributed by atoms with E-state index in [-0.39, 0.29) is 0 Å². The van der Waals surface area contributed by atoms with Crippen molar-refractivity contribution in [3.8, 4) is 11.7 Å². The zero-order valence-electron chi connectivity index (χ0n) is 5.57. The molecule has 0 nitrogen and oxygen atoms in total. The Morgan fingerprint density at radius 2 is 1.88 bits per heavy atom. The van der Waals surface area contributed by atoms with E-state index in [1.54, 1.807) is 0 Å². The van der Waals surface area contributed by atoms with Crippen LogP contribution in [0.25, 0.3) is 0 Å². The summed E-state index contributed by atoms with van der Waals surface area (Å²) in [5, 5.41) is 0. The predicted octanol–water partition coefficient (Wildman–Crippen LogP) is 1.55. The zero-order chi connectivity index (χ0) is 6.41. The van der Waals surface area contributed by atoms with Crippen LogP contribution in [0.15, 0.2) is 0 Å². The van der Waals surface area contributed by atoms with E-state index in [4.69, 9.17) is 7.85 Å². The van der Waals surface area contributed by atoms with E-state index in [1.807, 2.05) is 0 Å². The van der Waals surface area contributed by atoms with Gasteiger partial charge in [-0.15, -0.1) is 5.92 Å². The molecule has 1 heteroatoms. The van der Waals surface area contributed by atoms with Crippen LogP contribution >= 0.6 is 0 Å². The van der Waals surface area contributed by atoms with E-state index in [9.17, 15) is 0 Å². The second-order valence-electron chi connectivity index (χ2n) is 1.80. The minimum Gasteiger partial charge on any atom is -0.172 e. The van der Waals surface area contributed by atoms with Crippen molar-refractivity contribution in [3.63, 3.8) is 0 Å². The number of rotatable bonds is 2. The molecule has 0 bridgehead atoms. The van der Waals surface area contributed by atoms with Crippen molar-refractivity contribution in [2.45, 2.75) is 26.7 Å². The van der Waals surface area contributed by atoms with E-state index in [2.05, 4.69) is 25.6 Å². The molecule has 0 spiro atoms. The van der Waals surface area contributed by atoms with Gasteiger partial charge in [0.25, 0.3) is 0 Å². The standard InChI is InChI=1S/C7H11B/c1-3-7(4-2)5-6-8/h7H,3-4H2,1-2H3. The molecular weight excluding hydrogens is 94.9 g/mol. The van der Waals surface area contributed by atoms with Gasteiger partial charge in [0.05, 0.1) is 0 Å². The fourth-order valence-corrected chi connectivity index (χ4v) is 0.611. The monoisotopic (exact) mass is 106 g/mol. The van der Waals surface area contributed by atoms with E-state index in [0.29, 0.717) is 5.92 Å². The summed E-state index contributed by atoms with van der Waals surface area (Å²) in [4.78, 5) is 0. The van der Waals surface area contributed by atoms with Gasteiger partial charge in [-0.2, -0.15) is 5.82 Å². The lowest BCUT2D eigenvalue weighted by Gasteiger charge is -1.99. The molecule has 0 aliphatic rings. The van der Waals surface area contributed by atoms with Gasteiger partial charge in [-0.05, 0) is 12.8 Å². The maximum Gasteiger partial charge on any atom is 0.187 e. The molecule has 0 amide bonds. The molecule has 8 heavy (non-hydrogen) atoms. The molecule has 0 aromatic rings. The van der Waals surface area contributed by atoms with Crippen molar-refractivity contribution >= 4 is 7.85 Å². The Bertz CT molecular complexity index is 92.7. The second-order valence-corrected chi connectivity index (χ2v) is 1.80. The van der Waals surface area contributed by atoms with Gasteiger partial charge in [-0.1, -0.05) is 13.8 Å². The maximum absolute atomic E-state index is 5.02. The first kappa shape index (κ1) is 7.62. The average molecular weight is 106 g/mol. The van der Waals surface area contributed by atoms with Gasteiger partial charge in [0, 0.05) is 5.92 Å². The van der Waals surface area contributed by atoms with Gasteiger partial charge >= 0.3 is 0 Å². The highest BCUT2D eigenvalue weighted by molar-refractivity contribution is 6.22. The predicted molar refractivity (Wildman–Crippen MR) is 37.6 cm³/mol. The summed E-state index contributed by atoms with van der Waals surface area (Å²) in [6, 6.07) is 0. The molecule has 0 atom stereocenters. The number of hydrogen-bond donors (Lipinski definition) is 0. The van der Waals surface area contributed by atoms with Crippen molar-refractivity contribution in [2.24, 2.45) is 5.92 Å². The number of hydrogen-bond acceptors (Lipinski definition) is 0. The van der Waals surface area contributed by atoms with Gasteiger partial charge in [-0.25, -0.2) is 0 Å². The van der Waals surface area contributed by atoms with Gasteiger partial charge in [0.15, 0.2) is 7.85 Å². The van der Waals surface area contributed by atoms with Crippen molar-refractivity contribution in [2.75, 3.05) is 0 Å². The maximum atomic E-state index is 5.02. The summed E-state index contributed by atoms with van der Waals surface area (Å²) in [5.41, 5.74) is 0. The van der Waals surface area contributed by atoms with Crippen molar-refractivity contribution < 1.29 is 0 Å². The first-order valence-corrected chi connectivity index (χ1v) is 3.06. The summed E-state index contributed by atoms with van der Waals surface area (Å²) in [6.07, 6.45) is 2.22. The fraction of sp³-hybridized carbons (Fsp3) is 0.714. The van der Waals surface area contributed by atoms with Crippen molar-refractivity contribution in [1.82, 2.24) is 0 Å². The van der Waals surface area contributed by atoms with Gasteiger partial charge in [0.1, 0.15) is 0 Å². The lowest BCUT2D eigenvalue weighted by molar-refractivity contribution is 0.628. The molecule has 0 aliphatic carbocycles. The van der Waals surface area contributed by atoms with Crippen LogP contribution in [0.4, 0.5) is 0 Å². The largest absolute Gasteiger partial charge is 0.187 e. The van der Waals surface area contributed by atoms with Crippen LogP contribution in [0.1, 0.15) is 26.7 Å². The third-order valence-corrected chi connectivity index (χ3v) is 1.27. The molecule has 0 aromatic heterocycles. The lowest BCUT2D eigenvalue weighted by atomic mass is 10.0. The minimum atomic E-state index is 0.514. The SMILES string of the molecule is [B]C#CC(CC)CC. The minimum absolute atomic E-state index is 0.514. The summed E-state index contributed by atoms with van der Waals surface area (Å²) in [7, 11) is 5.02. The summed E-state index contributed by atoms with van der Waals surface area (Å²) >= 11 is 0. The Balaban J connectivity index is 3.47. The Morgan fingerprint density at radius 1 is 1.38 bits per heavy atom. The van der Waals surface area contributed by atoms with Gasteiger partial charge in [-0.3, -0.25) is 0 Å². The molecule has 2 radical (unpaired) electrons.